The monoisotopic (exact) mass is 261 g/mol. The van der Waals surface area contributed by atoms with E-state index >= 15 is 0 Å². The van der Waals surface area contributed by atoms with Gasteiger partial charge in [-0.15, -0.1) is 0 Å². The summed E-state index contributed by atoms with van der Waals surface area (Å²) in [4.78, 5) is 14.5. The summed E-state index contributed by atoms with van der Waals surface area (Å²) in [5.41, 5.74) is 1.09. The number of likely N-dealkylation sites (tertiary alicyclic amines) is 1. The second-order valence-corrected chi connectivity index (χ2v) is 5.50. The molecule has 1 aromatic carbocycles. The molecule has 19 heavy (non-hydrogen) atoms. The van der Waals surface area contributed by atoms with Gasteiger partial charge < -0.3 is 10.0 Å². The maximum Gasteiger partial charge on any atom is 0.230 e. The van der Waals surface area contributed by atoms with Crippen molar-refractivity contribution in [2.45, 2.75) is 38.7 Å². The molecule has 1 amide bonds. The molecular formula is C16H23NO2. The van der Waals surface area contributed by atoms with Crippen LogP contribution in [0.15, 0.2) is 30.3 Å². The molecular weight excluding hydrogens is 238 g/mol. The molecule has 1 aromatic rings. The van der Waals surface area contributed by atoms with Crippen molar-refractivity contribution < 1.29 is 9.90 Å². The van der Waals surface area contributed by atoms with Crippen LogP contribution in [0.4, 0.5) is 0 Å². The Bertz CT molecular complexity index is 418. The van der Waals surface area contributed by atoms with Crippen LogP contribution in [-0.2, 0) is 4.79 Å². The summed E-state index contributed by atoms with van der Waals surface area (Å²) >= 11 is 0. The summed E-state index contributed by atoms with van der Waals surface area (Å²) in [6.07, 6.45) is 1.33. The molecule has 1 heterocycles. The zero-order valence-electron chi connectivity index (χ0n) is 11.7. The number of carbonyl (C=O) groups is 1. The first-order valence-electron chi connectivity index (χ1n) is 7.15. The number of hydrogen-bond acceptors (Lipinski definition) is 2. The molecule has 3 atom stereocenters. The minimum Gasteiger partial charge on any atom is -0.391 e. The summed E-state index contributed by atoms with van der Waals surface area (Å²) in [7, 11) is 0. The number of amides is 1. The number of rotatable bonds is 4. The molecule has 1 saturated heterocycles. The molecule has 0 spiro atoms. The fraction of sp³-hybridized carbons (Fsp3) is 0.562. The average molecular weight is 261 g/mol. The van der Waals surface area contributed by atoms with E-state index in [-0.39, 0.29) is 17.9 Å². The van der Waals surface area contributed by atoms with Crippen molar-refractivity contribution in [2.75, 3.05) is 13.1 Å². The van der Waals surface area contributed by atoms with Crippen molar-refractivity contribution in [3.8, 4) is 0 Å². The zero-order chi connectivity index (χ0) is 13.8. The standard InChI is InChI=1S/C16H23NO2/c1-3-12(2)15(13-7-5-4-6-8-13)16(19)17-10-9-14(18)11-17/h4-8,12,14-15,18H,3,9-11H2,1-2H3. The average Bonchev–Trinajstić information content (AvgIpc) is 2.86. The molecule has 3 nitrogen and oxygen atoms in total. The summed E-state index contributed by atoms with van der Waals surface area (Å²) in [5.74, 6) is 0.390. The lowest BCUT2D eigenvalue weighted by atomic mass is 9.84. The van der Waals surface area contributed by atoms with Crippen molar-refractivity contribution in [1.29, 1.82) is 0 Å². The summed E-state index contributed by atoms with van der Waals surface area (Å²) < 4.78 is 0. The van der Waals surface area contributed by atoms with Crippen molar-refractivity contribution >= 4 is 5.91 Å². The normalized spacial score (nSPS) is 22.3. The number of aliphatic hydroxyl groups excluding tert-OH is 1. The Morgan fingerprint density at radius 3 is 2.63 bits per heavy atom. The van der Waals surface area contributed by atoms with Crippen LogP contribution < -0.4 is 0 Å². The topological polar surface area (TPSA) is 40.5 Å². The first-order valence-corrected chi connectivity index (χ1v) is 7.15. The smallest absolute Gasteiger partial charge is 0.230 e. The van der Waals surface area contributed by atoms with Gasteiger partial charge in [-0.1, -0.05) is 50.6 Å². The molecule has 1 aliphatic heterocycles. The van der Waals surface area contributed by atoms with Gasteiger partial charge in [-0.3, -0.25) is 4.79 Å². The highest BCUT2D eigenvalue weighted by Crippen LogP contribution is 2.30. The first-order chi connectivity index (χ1) is 9.13. The van der Waals surface area contributed by atoms with Crippen LogP contribution >= 0.6 is 0 Å². The molecule has 104 valence electrons. The largest absolute Gasteiger partial charge is 0.391 e. The molecule has 0 saturated carbocycles. The Hall–Kier alpha value is -1.35. The third kappa shape index (κ3) is 3.16. The summed E-state index contributed by atoms with van der Waals surface area (Å²) in [6.45, 7) is 5.41. The molecule has 2 rings (SSSR count). The van der Waals surface area contributed by atoms with Gasteiger partial charge in [0.05, 0.1) is 12.0 Å². The minimum absolute atomic E-state index is 0.0866. The third-order valence-corrected chi connectivity index (χ3v) is 4.11. The molecule has 1 fully saturated rings. The Morgan fingerprint density at radius 2 is 2.11 bits per heavy atom. The molecule has 3 heteroatoms. The lowest BCUT2D eigenvalue weighted by molar-refractivity contribution is -0.133. The van der Waals surface area contributed by atoms with Crippen LogP contribution in [0.5, 0.6) is 0 Å². The van der Waals surface area contributed by atoms with Gasteiger partial charge in [0.2, 0.25) is 5.91 Å². The lowest BCUT2D eigenvalue weighted by Gasteiger charge is -2.27. The highest BCUT2D eigenvalue weighted by atomic mass is 16.3. The van der Waals surface area contributed by atoms with Gasteiger partial charge in [0.1, 0.15) is 0 Å². The lowest BCUT2D eigenvalue weighted by Crippen LogP contribution is -2.36. The van der Waals surface area contributed by atoms with E-state index in [2.05, 4.69) is 13.8 Å². The molecule has 3 unspecified atom stereocenters. The maximum atomic E-state index is 12.7. The number of benzene rings is 1. The van der Waals surface area contributed by atoms with Gasteiger partial charge in [0.25, 0.3) is 0 Å². The van der Waals surface area contributed by atoms with Crippen LogP contribution in [0.3, 0.4) is 0 Å². The second-order valence-electron chi connectivity index (χ2n) is 5.50. The van der Waals surface area contributed by atoms with E-state index in [1.807, 2.05) is 35.2 Å². The van der Waals surface area contributed by atoms with Crippen LogP contribution in [0, 0.1) is 5.92 Å². The van der Waals surface area contributed by atoms with Crippen molar-refractivity contribution in [3.63, 3.8) is 0 Å². The Labute approximate surface area is 115 Å². The minimum atomic E-state index is -0.350. The molecule has 0 aromatic heterocycles. The van der Waals surface area contributed by atoms with E-state index in [1.165, 1.54) is 0 Å². The predicted octanol–water partition coefficient (Wildman–Crippen LogP) is 2.41. The van der Waals surface area contributed by atoms with Gasteiger partial charge in [-0.25, -0.2) is 0 Å². The third-order valence-electron chi connectivity index (χ3n) is 4.11. The number of aliphatic hydroxyl groups is 1. The first kappa shape index (κ1) is 14.1. The van der Waals surface area contributed by atoms with Crippen LogP contribution in [0.2, 0.25) is 0 Å². The Morgan fingerprint density at radius 1 is 1.42 bits per heavy atom. The quantitative estimate of drug-likeness (QED) is 0.904. The zero-order valence-corrected chi connectivity index (χ0v) is 11.7. The summed E-state index contributed by atoms with van der Waals surface area (Å²) in [6, 6.07) is 10.00. The SMILES string of the molecule is CCC(C)C(C(=O)N1CCC(O)C1)c1ccccc1. The molecule has 0 radical (unpaired) electrons. The molecule has 1 aliphatic rings. The van der Waals surface area contributed by atoms with Crippen molar-refractivity contribution in [1.82, 2.24) is 4.90 Å². The maximum absolute atomic E-state index is 12.7. The number of carbonyl (C=O) groups excluding carboxylic acids is 1. The Balaban J connectivity index is 2.21. The molecule has 0 bridgehead atoms. The van der Waals surface area contributed by atoms with E-state index in [0.717, 1.165) is 12.0 Å². The van der Waals surface area contributed by atoms with Crippen LogP contribution in [0.25, 0.3) is 0 Å². The van der Waals surface area contributed by atoms with Gasteiger partial charge in [0, 0.05) is 13.1 Å². The van der Waals surface area contributed by atoms with Gasteiger partial charge in [0.15, 0.2) is 0 Å². The molecule has 0 aliphatic carbocycles. The van der Waals surface area contributed by atoms with E-state index < -0.39 is 0 Å². The van der Waals surface area contributed by atoms with Crippen molar-refractivity contribution in [3.05, 3.63) is 35.9 Å². The van der Waals surface area contributed by atoms with Crippen LogP contribution in [0.1, 0.15) is 38.2 Å². The van der Waals surface area contributed by atoms with Gasteiger partial charge >= 0.3 is 0 Å². The molecule has 1 N–H and O–H groups in total. The van der Waals surface area contributed by atoms with Crippen LogP contribution in [-0.4, -0.2) is 35.1 Å². The van der Waals surface area contributed by atoms with E-state index in [0.29, 0.717) is 25.4 Å². The number of nitrogens with zero attached hydrogens (tertiary/aromatic N) is 1. The van der Waals surface area contributed by atoms with Gasteiger partial charge in [-0.2, -0.15) is 0 Å². The summed E-state index contributed by atoms with van der Waals surface area (Å²) in [5, 5.41) is 9.60. The fourth-order valence-electron chi connectivity index (χ4n) is 2.75. The highest BCUT2D eigenvalue weighted by Gasteiger charge is 2.33. The Kier molecular flexibility index (Phi) is 4.59. The number of β-amino-alcohol motifs (C(OH)–C–C–N with tert-alkyl or cyclic N) is 1. The highest BCUT2D eigenvalue weighted by molar-refractivity contribution is 5.84. The van der Waals surface area contributed by atoms with E-state index in [4.69, 9.17) is 0 Å². The van der Waals surface area contributed by atoms with E-state index in [9.17, 15) is 9.90 Å². The second kappa shape index (κ2) is 6.20. The fourth-order valence-corrected chi connectivity index (χ4v) is 2.75. The van der Waals surface area contributed by atoms with Gasteiger partial charge in [-0.05, 0) is 17.9 Å². The van der Waals surface area contributed by atoms with E-state index in [1.54, 1.807) is 0 Å². The number of hydrogen-bond donors (Lipinski definition) is 1. The predicted molar refractivity (Wildman–Crippen MR) is 75.8 cm³/mol. The van der Waals surface area contributed by atoms with Crippen molar-refractivity contribution in [2.24, 2.45) is 5.92 Å².